The highest BCUT2D eigenvalue weighted by molar-refractivity contribution is 7.91. The molecule has 0 saturated carbocycles. The van der Waals surface area contributed by atoms with E-state index < -0.39 is 86.6 Å². The molecule has 4 saturated heterocycles. The summed E-state index contributed by atoms with van der Waals surface area (Å²) in [5, 5.41) is 53.9. The Kier molecular flexibility index (Phi) is 36.9. The van der Waals surface area contributed by atoms with Crippen molar-refractivity contribution in [2.24, 2.45) is 0 Å². The Labute approximate surface area is 852 Å². The standard InChI is InChI=1S/C27H35N3O5S.3C27H39N3O5S/c1-17-21-6-4-8-23(21)25(24-9-5-7-22(17)24)28-26(31)29-36(33,34)20-15-18(27(2,3)32)14-19(16-20)30-10-12-35-13-11-30;3*1-17(2)23-12-19(5)13-24(18(3)4)25(23)28-26(31)29-36(33,34)22-15-20(27(6,7)32)14-21(16-22)30-8-10-35-11-9-30/h14-16,32H,4-13H2,1-3H3,(H2,28,29,31);3*12-18,32H,8-11H2,1-7H3,(H2,28,29,31). The fraction of sp³-hybridized carbons (Fsp3) is 0.519. The third-order valence-corrected chi connectivity index (χ3v) is 31.9. The van der Waals surface area contributed by atoms with Gasteiger partial charge in [0.15, 0.2) is 0 Å². The minimum absolute atomic E-state index is 0.0573. The molecule has 0 atom stereocenters. The molecule has 14 rings (SSSR count). The van der Waals surface area contributed by atoms with Crippen LogP contribution in [-0.4, -0.2) is 183 Å². The molecule has 0 unspecified atom stereocenters. The lowest BCUT2D eigenvalue weighted by atomic mass is 9.90. The zero-order chi connectivity index (χ0) is 106. The van der Waals surface area contributed by atoms with Crippen LogP contribution in [0.2, 0.25) is 0 Å². The number of aryl methyl sites for hydroxylation is 3. The second-order valence-corrected chi connectivity index (χ2v) is 49.0. The van der Waals surface area contributed by atoms with Crippen molar-refractivity contribution in [3.63, 3.8) is 0 Å². The minimum atomic E-state index is -4.23. The molecule has 32 nitrogen and oxygen atoms in total. The van der Waals surface area contributed by atoms with Crippen LogP contribution in [0.5, 0.6) is 0 Å². The number of morpholine rings is 4. The highest BCUT2D eigenvalue weighted by Crippen LogP contribution is 2.45. The number of ether oxygens (including phenoxy) is 4. The van der Waals surface area contributed by atoms with Gasteiger partial charge in [0.1, 0.15) is 0 Å². The number of urea groups is 4. The van der Waals surface area contributed by atoms with Gasteiger partial charge in [0, 0.05) is 97.9 Å². The van der Waals surface area contributed by atoms with Gasteiger partial charge in [-0.25, -0.2) is 71.7 Å². The molecule has 12 N–H and O–H groups in total. The number of nitrogens with zero attached hydrogens (tertiary/aromatic N) is 4. The maximum absolute atomic E-state index is 13.4. The molecule has 8 aromatic carbocycles. The van der Waals surface area contributed by atoms with E-state index in [-0.39, 0.29) is 55.1 Å². The van der Waals surface area contributed by atoms with Crippen molar-refractivity contribution in [1.82, 2.24) is 18.9 Å². The molecule has 0 spiro atoms. The van der Waals surface area contributed by atoms with Gasteiger partial charge in [-0.15, -0.1) is 0 Å². The fourth-order valence-corrected chi connectivity index (χ4v) is 22.6. The molecule has 0 bridgehead atoms. The normalized spacial score (nSPS) is 15.6. The number of nitrogens with one attached hydrogen (secondary N) is 8. The summed E-state index contributed by atoms with van der Waals surface area (Å²) >= 11 is 0. The molecule has 36 heteroatoms. The molecular weight excluding hydrogens is 1910 g/mol. The van der Waals surface area contributed by atoms with E-state index in [0.29, 0.717) is 167 Å². The molecule has 144 heavy (non-hydrogen) atoms. The van der Waals surface area contributed by atoms with E-state index in [0.717, 1.165) is 105 Å². The Balaban J connectivity index is 0.000000183. The molecular formula is C108H152N12O20S4. The second-order valence-electron chi connectivity index (χ2n) is 42.2. The van der Waals surface area contributed by atoms with Gasteiger partial charge in [-0.2, -0.15) is 0 Å². The van der Waals surface area contributed by atoms with Crippen LogP contribution in [-0.2, 0) is 107 Å². The van der Waals surface area contributed by atoms with Crippen LogP contribution in [0.3, 0.4) is 0 Å². The Bertz CT molecular complexity index is 5910. The van der Waals surface area contributed by atoms with E-state index >= 15 is 0 Å². The zero-order valence-corrected chi connectivity index (χ0v) is 91.4. The van der Waals surface area contributed by atoms with Crippen LogP contribution in [0.1, 0.15) is 287 Å². The number of benzene rings is 8. The monoisotopic (exact) mass is 2070 g/mol. The largest absolute Gasteiger partial charge is 0.386 e. The smallest absolute Gasteiger partial charge is 0.333 e. The Morgan fingerprint density at radius 2 is 0.458 bits per heavy atom. The van der Waals surface area contributed by atoms with Gasteiger partial charge in [0.25, 0.3) is 40.1 Å². The highest BCUT2D eigenvalue weighted by Gasteiger charge is 2.36. The molecule has 8 amide bonds. The molecule has 0 radical (unpaired) electrons. The Morgan fingerprint density at radius 1 is 0.278 bits per heavy atom. The number of amides is 8. The van der Waals surface area contributed by atoms with E-state index in [4.69, 9.17) is 18.9 Å². The SMILES string of the molecule is Cc1c2c(c(NC(=O)NS(=O)(=O)c3cc(N4CCOCC4)cc(C(C)(C)O)c3)c3c1CCC3)CCC2.Cc1cc(C(C)C)c(NC(=O)NS(=O)(=O)c2cc(N3CCOCC3)cc(C(C)(C)O)c2)c(C(C)C)c1.Cc1cc(C(C)C)c(NC(=O)NS(=O)(=O)c2cc(N3CCOCC3)cc(C(C)(C)O)c2)c(C(C)C)c1.Cc1cc(C(C)C)c(NC(=O)NS(=O)(=O)c2cc(N3CCOCC3)cc(C(C)(C)O)c2)c(C(C)C)c1. The summed E-state index contributed by atoms with van der Waals surface area (Å²) in [5.41, 5.74) is 17.3. The molecule has 4 fully saturated rings. The Morgan fingerprint density at radius 3 is 0.639 bits per heavy atom. The fourth-order valence-electron chi connectivity index (χ4n) is 18.7. The molecule has 0 aromatic heterocycles. The molecule has 4 heterocycles. The Hall–Kier alpha value is -10.5. The molecule has 4 aliphatic heterocycles. The first-order valence-corrected chi connectivity index (χ1v) is 55.8. The number of carbonyl (C=O) groups is 4. The molecule has 8 aromatic rings. The number of hydrogen-bond donors (Lipinski definition) is 12. The van der Waals surface area contributed by atoms with Crippen molar-refractivity contribution < 1.29 is 92.2 Å². The van der Waals surface area contributed by atoms with Gasteiger partial charge in [-0.3, -0.25) is 0 Å². The third-order valence-electron chi connectivity index (χ3n) is 26.7. The minimum Gasteiger partial charge on any atom is -0.386 e. The van der Waals surface area contributed by atoms with Crippen molar-refractivity contribution in [2.45, 2.75) is 282 Å². The van der Waals surface area contributed by atoms with E-state index in [1.165, 1.54) is 59.2 Å². The summed E-state index contributed by atoms with van der Waals surface area (Å²) in [7, 11) is -16.9. The van der Waals surface area contributed by atoms with Crippen LogP contribution in [0.15, 0.2) is 129 Å². The second kappa shape index (κ2) is 46.7. The average Bonchev–Trinajstić information content (AvgIpc) is 1.49. The number of anilines is 8. The first kappa shape index (κ1) is 114. The first-order chi connectivity index (χ1) is 67.1. The molecule has 6 aliphatic rings. The number of carbonyl (C=O) groups excluding carboxylic acids is 4. The van der Waals surface area contributed by atoms with Crippen molar-refractivity contribution in [3.05, 3.63) is 209 Å². The van der Waals surface area contributed by atoms with Gasteiger partial charge in [0.2, 0.25) is 0 Å². The van der Waals surface area contributed by atoms with Crippen molar-refractivity contribution in [2.75, 3.05) is 146 Å². The van der Waals surface area contributed by atoms with E-state index in [1.807, 2.05) is 160 Å². The van der Waals surface area contributed by atoms with Crippen LogP contribution < -0.4 is 59.8 Å². The topological polar surface area (TPSA) is 432 Å². The van der Waals surface area contributed by atoms with Crippen molar-refractivity contribution >= 4 is 110 Å². The summed E-state index contributed by atoms with van der Waals surface area (Å²) in [5.74, 6) is 0.799. The van der Waals surface area contributed by atoms with Crippen LogP contribution in [0.25, 0.3) is 0 Å². The number of aliphatic hydroxyl groups is 4. The third kappa shape index (κ3) is 29.1. The van der Waals surface area contributed by atoms with Crippen LogP contribution >= 0.6 is 0 Å². The highest BCUT2D eigenvalue weighted by atomic mass is 32.2. The summed E-state index contributed by atoms with van der Waals surface area (Å²) in [6.07, 6.45) is 5.86. The first-order valence-electron chi connectivity index (χ1n) is 49.9. The lowest BCUT2D eigenvalue weighted by Crippen LogP contribution is -2.37. The summed E-state index contributed by atoms with van der Waals surface area (Å²) < 4.78 is 137. The van der Waals surface area contributed by atoms with Crippen molar-refractivity contribution in [3.8, 4) is 0 Å². The van der Waals surface area contributed by atoms with Gasteiger partial charge >= 0.3 is 24.1 Å². The predicted molar refractivity (Wildman–Crippen MR) is 570 cm³/mol. The lowest BCUT2D eigenvalue weighted by Gasteiger charge is -2.30. The number of rotatable bonds is 26. The van der Waals surface area contributed by atoms with Gasteiger partial charge in [0.05, 0.1) is 94.8 Å². The summed E-state index contributed by atoms with van der Waals surface area (Å²) in [4.78, 5) is 59.9. The number of hydrogen-bond acceptors (Lipinski definition) is 24. The van der Waals surface area contributed by atoms with Gasteiger partial charge in [-0.1, -0.05) is 136 Å². The van der Waals surface area contributed by atoms with Crippen LogP contribution in [0, 0.1) is 27.7 Å². The lowest BCUT2D eigenvalue weighted by molar-refractivity contribution is 0.0777. The van der Waals surface area contributed by atoms with E-state index in [1.54, 1.807) is 85.7 Å². The number of sulfonamides is 4. The maximum atomic E-state index is 13.4. The molecule has 2 aliphatic carbocycles. The van der Waals surface area contributed by atoms with Gasteiger partial charge < -0.3 is 80.2 Å². The van der Waals surface area contributed by atoms with E-state index in [2.05, 4.69) is 47.1 Å². The number of fused-ring (bicyclic) bond motifs is 2. The summed E-state index contributed by atoms with van der Waals surface area (Å²) in [6, 6.07) is 27.8. The zero-order valence-electron chi connectivity index (χ0n) is 88.2. The summed E-state index contributed by atoms with van der Waals surface area (Å²) in [6.45, 7) is 54.6. The van der Waals surface area contributed by atoms with Gasteiger partial charge in [-0.05, 0) is 313 Å². The quantitative estimate of drug-likeness (QED) is 0.0239. The maximum Gasteiger partial charge on any atom is 0.333 e. The predicted octanol–water partition coefficient (Wildman–Crippen LogP) is 18.0. The van der Waals surface area contributed by atoms with E-state index in [9.17, 15) is 73.3 Å². The van der Waals surface area contributed by atoms with Crippen molar-refractivity contribution in [1.29, 1.82) is 0 Å². The van der Waals surface area contributed by atoms with Crippen LogP contribution in [0.4, 0.5) is 64.7 Å². The average molecular weight is 2070 g/mol. The molecule has 788 valence electrons.